The number of nitrogens with one attached hydrogen (secondary N) is 1. The van der Waals surface area contributed by atoms with Crippen molar-refractivity contribution in [1.82, 2.24) is 24.9 Å². The van der Waals surface area contributed by atoms with Crippen molar-refractivity contribution in [3.8, 4) is 0 Å². The monoisotopic (exact) mass is 527 g/mol. The van der Waals surface area contributed by atoms with Gasteiger partial charge in [0.2, 0.25) is 11.8 Å². The van der Waals surface area contributed by atoms with Crippen molar-refractivity contribution in [3.63, 3.8) is 0 Å². The Kier molecular flexibility index (Phi) is 8.12. The number of hydrogen-bond donors (Lipinski definition) is 1. The summed E-state index contributed by atoms with van der Waals surface area (Å²) in [6, 6.07) is 18.3. The van der Waals surface area contributed by atoms with Crippen LogP contribution in [0.1, 0.15) is 19.4 Å². The normalized spacial score (nSPS) is 14.4. The molecule has 1 aliphatic heterocycles. The van der Waals surface area contributed by atoms with Crippen molar-refractivity contribution in [2.75, 3.05) is 36.5 Å². The highest BCUT2D eigenvalue weighted by Gasteiger charge is 2.33. The highest BCUT2D eigenvalue weighted by Crippen LogP contribution is 2.22. The van der Waals surface area contributed by atoms with Crippen molar-refractivity contribution < 1.29 is 14.3 Å². The standard InChI is InChI=1S/C29H33N7O3/c1-21(2)28(29(38)31-23-9-11-24(12-10-23)34-14-16-39-17-15-34)35(19-22-6-5-13-30-18-22)27(37)20-36-26-8-4-3-7-25(26)32-33-36/h3-13,18,21,28H,14-17,19-20H2,1-2H3,(H,31,38)/t28-/m0/s1. The molecule has 10 nitrogen and oxygen atoms in total. The second-order valence-corrected chi connectivity index (χ2v) is 9.94. The van der Waals surface area contributed by atoms with Gasteiger partial charge in [-0.3, -0.25) is 14.6 Å². The van der Waals surface area contributed by atoms with Crippen molar-refractivity contribution >= 4 is 34.2 Å². The van der Waals surface area contributed by atoms with E-state index in [1.54, 1.807) is 22.0 Å². The van der Waals surface area contributed by atoms with Gasteiger partial charge in [0.25, 0.3) is 0 Å². The number of pyridine rings is 1. The third-order valence-corrected chi connectivity index (χ3v) is 6.85. The minimum absolute atomic E-state index is 0.0362. The summed E-state index contributed by atoms with van der Waals surface area (Å²) in [7, 11) is 0. The van der Waals surface area contributed by atoms with Crippen LogP contribution < -0.4 is 10.2 Å². The molecule has 5 rings (SSSR count). The first-order valence-corrected chi connectivity index (χ1v) is 13.2. The average molecular weight is 528 g/mol. The number of aromatic nitrogens is 4. The Balaban J connectivity index is 1.37. The van der Waals surface area contributed by atoms with Crippen molar-refractivity contribution in [2.45, 2.75) is 33.0 Å². The lowest BCUT2D eigenvalue weighted by atomic mass is 10.00. The van der Waals surface area contributed by atoms with Gasteiger partial charge >= 0.3 is 0 Å². The molecule has 2 aromatic carbocycles. The number of carbonyl (C=O) groups excluding carboxylic acids is 2. The largest absolute Gasteiger partial charge is 0.378 e. The number of rotatable bonds is 9. The van der Waals surface area contributed by atoms with Crippen LogP contribution in [-0.4, -0.2) is 69.0 Å². The molecule has 39 heavy (non-hydrogen) atoms. The van der Waals surface area contributed by atoms with E-state index < -0.39 is 6.04 Å². The Labute approximate surface area is 227 Å². The molecule has 0 bridgehead atoms. The second-order valence-electron chi connectivity index (χ2n) is 9.94. The Hall–Kier alpha value is -4.31. The van der Waals surface area contributed by atoms with Gasteiger partial charge in [0.1, 0.15) is 18.1 Å². The van der Waals surface area contributed by atoms with Gasteiger partial charge < -0.3 is 19.9 Å². The van der Waals surface area contributed by atoms with Gasteiger partial charge in [-0.15, -0.1) is 5.10 Å². The van der Waals surface area contributed by atoms with Crippen LogP contribution >= 0.6 is 0 Å². The minimum atomic E-state index is -0.716. The number of para-hydroxylation sites is 1. The Morgan fingerprint density at radius 1 is 1.03 bits per heavy atom. The molecule has 4 aromatic rings. The molecule has 0 unspecified atom stereocenters. The summed E-state index contributed by atoms with van der Waals surface area (Å²) < 4.78 is 7.02. The predicted molar refractivity (Wildman–Crippen MR) is 149 cm³/mol. The van der Waals surface area contributed by atoms with Gasteiger partial charge in [-0.2, -0.15) is 0 Å². The van der Waals surface area contributed by atoms with E-state index in [9.17, 15) is 9.59 Å². The van der Waals surface area contributed by atoms with E-state index in [2.05, 4.69) is 25.5 Å². The van der Waals surface area contributed by atoms with E-state index >= 15 is 0 Å². The maximum atomic E-state index is 13.8. The van der Waals surface area contributed by atoms with E-state index in [0.29, 0.717) is 24.4 Å². The van der Waals surface area contributed by atoms with Gasteiger partial charge in [-0.1, -0.05) is 37.3 Å². The number of carbonyl (C=O) groups is 2. The molecule has 2 aromatic heterocycles. The van der Waals surface area contributed by atoms with E-state index in [4.69, 9.17) is 4.74 Å². The number of anilines is 2. The smallest absolute Gasteiger partial charge is 0.247 e. The van der Waals surface area contributed by atoms with Crippen molar-refractivity contribution in [3.05, 3.63) is 78.6 Å². The lowest BCUT2D eigenvalue weighted by Crippen LogP contribution is -2.50. The topological polar surface area (TPSA) is 105 Å². The zero-order valence-electron chi connectivity index (χ0n) is 22.2. The summed E-state index contributed by atoms with van der Waals surface area (Å²) in [6.07, 6.45) is 3.40. The molecule has 10 heteroatoms. The summed E-state index contributed by atoms with van der Waals surface area (Å²) in [6.45, 7) is 7.19. The first kappa shape index (κ1) is 26.3. The average Bonchev–Trinajstić information content (AvgIpc) is 3.36. The van der Waals surface area contributed by atoms with Crippen LogP contribution in [0.5, 0.6) is 0 Å². The molecule has 1 atom stereocenters. The van der Waals surface area contributed by atoms with Crippen LogP contribution in [0.2, 0.25) is 0 Å². The van der Waals surface area contributed by atoms with Crippen LogP contribution in [0.15, 0.2) is 73.1 Å². The Morgan fingerprint density at radius 2 is 1.79 bits per heavy atom. The summed E-state index contributed by atoms with van der Waals surface area (Å²) >= 11 is 0. The SMILES string of the molecule is CC(C)[C@@H](C(=O)Nc1ccc(N2CCOCC2)cc1)N(Cc1cccnc1)C(=O)Cn1nnc2ccccc21. The third-order valence-electron chi connectivity index (χ3n) is 6.85. The first-order valence-electron chi connectivity index (χ1n) is 13.2. The van der Waals surface area contributed by atoms with Crippen LogP contribution in [0, 0.1) is 5.92 Å². The van der Waals surface area contributed by atoms with E-state index in [0.717, 1.165) is 29.9 Å². The number of nitrogens with zero attached hydrogens (tertiary/aromatic N) is 6. The predicted octanol–water partition coefficient (Wildman–Crippen LogP) is 3.36. The second kappa shape index (κ2) is 12.0. The molecule has 1 saturated heterocycles. The Bertz CT molecular complexity index is 1400. The first-order chi connectivity index (χ1) is 19.0. The van der Waals surface area contributed by atoms with Gasteiger partial charge in [0, 0.05) is 43.4 Å². The maximum Gasteiger partial charge on any atom is 0.247 e. The molecule has 1 aliphatic rings. The molecule has 1 fully saturated rings. The van der Waals surface area contributed by atoms with Gasteiger partial charge in [0.15, 0.2) is 0 Å². The minimum Gasteiger partial charge on any atom is -0.378 e. The third kappa shape index (κ3) is 6.23. The molecule has 2 amide bonds. The Morgan fingerprint density at radius 3 is 2.51 bits per heavy atom. The lowest BCUT2D eigenvalue weighted by molar-refractivity contribution is -0.141. The molecular weight excluding hydrogens is 494 g/mol. The van der Waals surface area contributed by atoms with Crippen molar-refractivity contribution in [2.24, 2.45) is 5.92 Å². The van der Waals surface area contributed by atoms with E-state index in [-0.39, 0.29) is 30.8 Å². The lowest BCUT2D eigenvalue weighted by Gasteiger charge is -2.33. The van der Waals surface area contributed by atoms with Crippen LogP contribution in [0.3, 0.4) is 0 Å². The van der Waals surface area contributed by atoms with Gasteiger partial charge in [-0.25, -0.2) is 4.68 Å². The molecule has 202 valence electrons. The molecular formula is C29H33N7O3. The number of hydrogen-bond acceptors (Lipinski definition) is 7. The van der Waals surface area contributed by atoms with Crippen LogP contribution in [0.25, 0.3) is 11.0 Å². The van der Waals surface area contributed by atoms with E-state index in [1.165, 1.54) is 0 Å². The fraction of sp³-hybridized carbons (Fsp3) is 0.345. The molecule has 0 saturated carbocycles. The van der Waals surface area contributed by atoms with Crippen LogP contribution in [-0.2, 0) is 27.4 Å². The number of fused-ring (bicyclic) bond motifs is 1. The molecule has 0 spiro atoms. The summed E-state index contributed by atoms with van der Waals surface area (Å²) in [5.41, 5.74) is 4.08. The van der Waals surface area contributed by atoms with Gasteiger partial charge in [-0.05, 0) is 53.9 Å². The highest BCUT2D eigenvalue weighted by molar-refractivity contribution is 5.97. The number of benzene rings is 2. The number of amides is 2. The molecule has 0 aliphatic carbocycles. The summed E-state index contributed by atoms with van der Waals surface area (Å²) in [5.74, 6) is -0.624. The molecule has 1 N–H and O–H groups in total. The fourth-order valence-corrected chi connectivity index (χ4v) is 4.88. The summed E-state index contributed by atoms with van der Waals surface area (Å²) in [4.78, 5) is 35.6. The zero-order valence-corrected chi connectivity index (χ0v) is 22.2. The quantitative estimate of drug-likeness (QED) is 0.356. The zero-order chi connectivity index (χ0) is 27.2. The van der Waals surface area contributed by atoms with Crippen LogP contribution in [0.4, 0.5) is 11.4 Å². The molecule has 3 heterocycles. The number of morpholine rings is 1. The number of ether oxygens (including phenoxy) is 1. The fourth-order valence-electron chi connectivity index (χ4n) is 4.88. The van der Waals surface area contributed by atoms with Gasteiger partial charge in [0.05, 0.1) is 18.7 Å². The highest BCUT2D eigenvalue weighted by atomic mass is 16.5. The summed E-state index contributed by atoms with van der Waals surface area (Å²) in [5, 5.41) is 11.4. The van der Waals surface area contributed by atoms with E-state index in [1.807, 2.05) is 74.5 Å². The maximum absolute atomic E-state index is 13.8. The van der Waals surface area contributed by atoms with Crippen molar-refractivity contribution in [1.29, 1.82) is 0 Å². The molecule has 0 radical (unpaired) electrons.